The van der Waals surface area contributed by atoms with Gasteiger partial charge in [-0.2, -0.15) is 0 Å². The standard InChI is InChI=1S/C20H28N2O3S/c23-14-15-26-18-8-6-16(7-9-18)20(25)22-12-2-1-4-17(22)10-13-21-11-3-5-19(21)24/h6-9,17,23H,1-5,10-15H2/t17-/m1/s1. The summed E-state index contributed by atoms with van der Waals surface area (Å²) in [5.41, 5.74) is 0.725. The van der Waals surface area contributed by atoms with Crippen molar-refractivity contribution in [3.8, 4) is 0 Å². The van der Waals surface area contributed by atoms with Crippen LogP contribution in [0.25, 0.3) is 0 Å². The maximum atomic E-state index is 13.0. The van der Waals surface area contributed by atoms with Crippen LogP contribution in [0.5, 0.6) is 0 Å². The minimum atomic E-state index is 0.0983. The monoisotopic (exact) mass is 376 g/mol. The van der Waals surface area contributed by atoms with Crippen molar-refractivity contribution in [1.82, 2.24) is 9.80 Å². The lowest BCUT2D eigenvalue weighted by Crippen LogP contribution is -2.45. The molecule has 0 unspecified atom stereocenters. The second-order valence-electron chi connectivity index (χ2n) is 7.02. The van der Waals surface area contributed by atoms with Gasteiger partial charge in [0.25, 0.3) is 5.91 Å². The third-order valence-electron chi connectivity index (χ3n) is 5.25. The lowest BCUT2D eigenvalue weighted by atomic mass is 9.98. The summed E-state index contributed by atoms with van der Waals surface area (Å²) in [7, 11) is 0. The van der Waals surface area contributed by atoms with E-state index in [0.717, 1.165) is 62.2 Å². The van der Waals surface area contributed by atoms with Gasteiger partial charge in [0, 0.05) is 48.3 Å². The van der Waals surface area contributed by atoms with Crippen LogP contribution in [0.4, 0.5) is 0 Å². The second-order valence-corrected chi connectivity index (χ2v) is 8.19. The third-order valence-corrected chi connectivity index (χ3v) is 6.25. The third kappa shape index (κ3) is 4.80. The molecule has 0 spiro atoms. The Bertz CT molecular complexity index is 620. The molecule has 0 radical (unpaired) electrons. The molecule has 2 aliphatic rings. The van der Waals surface area contributed by atoms with E-state index in [1.165, 1.54) is 0 Å². The number of hydrogen-bond acceptors (Lipinski definition) is 4. The number of benzene rings is 1. The van der Waals surface area contributed by atoms with Crippen LogP contribution in [0.2, 0.25) is 0 Å². The number of nitrogens with zero attached hydrogens (tertiary/aromatic N) is 2. The quantitative estimate of drug-likeness (QED) is 0.744. The molecule has 0 aliphatic carbocycles. The Balaban J connectivity index is 1.60. The summed E-state index contributed by atoms with van der Waals surface area (Å²) in [6, 6.07) is 7.91. The summed E-state index contributed by atoms with van der Waals surface area (Å²) in [6.45, 7) is 2.59. The average Bonchev–Trinajstić information content (AvgIpc) is 3.09. The van der Waals surface area contributed by atoms with E-state index in [1.54, 1.807) is 11.8 Å². The maximum absolute atomic E-state index is 13.0. The molecule has 6 heteroatoms. The van der Waals surface area contributed by atoms with Gasteiger partial charge in [0.15, 0.2) is 0 Å². The number of aliphatic hydroxyl groups is 1. The van der Waals surface area contributed by atoms with Crippen LogP contribution in [-0.4, -0.2) is 64.8 Å². The maximum Gasteiger partial charge on any atom is 0.254 e. The predicted octanol–water partition coefficient (Wildman–Crippen LogP) is 2.78. The van der Waals surface area contributed by atoms with Crippen LogP contribution in [-0.2, 0) is 4.79 Å². The minimum Gasteiger partial charge on any atom is -0.396 e. The smallest absolute Gasteiger partial charge is 0.254 e. The van der Waals surface area contributed by atoms with Crippen LogP contribution < -0.4 is 0 Å². The number of carbonyl (C=O) groups is 2. The van der Waals surface area contributed by atoms with Crippen LogP contribution in [0.1, 0.15) is 48.9 Å². The van der Waals surface area contributed by atoms with E-state index in [9.17, 15) is 9.59 Å². The molecule has 3 rings (SSSR count). The highest BCUT2D eigenvalue weighted by molar-refractivity contribution is 7.99. The highest BCUT2D eigenvalue weighted by atomic mass is 32.2. The molecule has 0 saturated carbocycles. The molecule has 1 atom stereocenters. The molecular weight excluding hydrogens is 348 g/mol. The first kappa shape index (κ1) is 19.2. The average molecular weight is 377 g/mol. The first-order valence-electron chi connectivity index (χ1n) is 9.61. The molecule has 1 aromatic rings. The summed E-state index contributed by atoms with van der Waals surface area (Å²) in [5, 5.41) is 8.91. The molecular formula is C20H28N2O3S. The van der Waals surface area contributed by atoms with Crippen molar-refractivity contribution in [3.63, 3.8) is 0 Å². The predicted molar refractivity (Wildman–Crippen MR) is 103 cm³/mol. The first-order valence-corrected chi connectivity index (χ1v) is 10.6. The topological polar surface area (TPSA) is 60.9 Å². The zero-order valence-corrected chi connectivity index (χ0v) is 16.0. The Morgan fingerprint density at radius 3 is 2.65 bits per heavy atom. The molecule has 2 fully saturated rings. The molecule has 2 aliphatic heterocycles. The summed E-state index contributed by atoms with van der Waals surface area (Å²) < 4.78 is 0. The number of carbonyl (C=O) groups excluding carboxylic acids is 2. The fourth-order valence-corrected chi connectivity index (χ4v) is 4.49. The van der Waals surface area contributed by atoms with Gasteiger partial charge in [0.1, 0.15) is 0 Å². The van der Waals surface area contributed by atoms with Crippen molar-refractivity contribution < 1.29 is 14.7 Å². The summed E-state index contributed by atoms with van der Waals surface area (Å²) in [5.74, 6) is 1.02. The van der Waals surface area contributed by atoms with E-state index < -0.39 is 0 Å². The molecule has 2 saturated heterocycles. The normalized spacial score (nSPS) is 20.7. The number of piperidine rings is 1. The summed E-state index contributed by atoms with van der Waals surface area (Å²) in [4.78, 5) is 29.8. The van der Waals surface area contributed by atoms with Crippen LogP contribution >= 0.6 is 11.8 Å². The van der Waals surface area contributed by atoms with Gasteiger partial charge in [-0.3, -0.25) is 9.59 Å². The fraction of sp³-hybridized carbons (Fsp3) is 0.600. The molecule has 0 aromatic heterocycles. The molecule has 2 amide bonds. The van der Waals surface area contributed by atoms with E-state index in [0.29, 0.717) is 12.2 Å². The highest BCUT2D eigenvalue weighted by Gasteiger charge is 2.29. The zero-order chi connectivity index (χ0) is 18.4. The molecule has 142 valence electrons. The number of thioether (sulfide) groups is 1. The van der Waals surface area contributed by atoms with Crippen LogP contribution in [0.3, 0.4) is 0 Å². The molecule has 2 heterocycles. The lowest BCUT2D eigenvalue weighted by Gasteiger charge is -2.36. The Morgan fingerprint density at radius 2 is 1.96 bits per heavy atom. The van der Waals surface area contributed by atoms with Crippen molar-refractivity contribution >= 4 is 23.6 Å². The molecule has 0 bridgehead atoms. The van der Waals surface area contributed by atoms with Gasteiger partial charge in [-0.05, 0) is 56.4 Å². The van der Waals surface area contributed by atoms with Crippen molar-refractivity contribution in [2.75, 3.05) is 32.0 Å². The number of rotatable bonds is 7. The van der Waals surface area contributed by atoms with Crippen molar-refractivity contribution in [1.29, 1.82) is 0 Å². The minimum absolute atomic E-state index is 0.0983. The van der Waals surface area contributed by atoms with E-state index >= 15 is 0 Å². The van der Waals surface area contributed by atoms with Gasteiger partial charge >= 0.3 is 0 Å². The molecule has 1 aromatic carbocycles. The van der Waals surface area contributed by atoms with Gasteiger partial charge in [0.05, 0.1) is 6.61 Å². The Kier molecular flexibility index (Phi) is 6.97. The summed E-state index contributed by atoms with van der Waals surface area (Å²) >= 11 is 1.59. The first-order chi connectivity index (χ1) is 12.7. The largest absolute Gasteiger partial charge is 0.396 e. The van der Waals surface area contributed by atoms with Gasteiger partial charge in [0.2, 0.25) is 5.91 Å². The van der Waals surface area contributed by atoms with E-state index in [4.69, 9.17) is 5.11 Å². The fourth-order valence-electron chi connectivity index (χ4n) is 3.84. The van der Waals surface area contributed by atoms with Gasteiger partial charge in [-0.1, -0.05) is 0 Å². The second kappa shape index (κ2) is 9.42. The molecule has 5 nitrogen and oxygen atoms in total. The van der Waals surface area contributed by atoms with Crippen molar-refractivity contribution in [2.24, 2.45) is 0 Å². The lowest BCUT2D eigenvalue weighted by molar-refractivity contribution is -0.127. The number of amides is 2. The van der Waals surface area contributed by atoms with E-state index in [-0.39, 0.29) is 24.5 Å². The van der Waals surface area contributed by atoms with E-state index in [2.05, 4.69) is 0 Å². The Morgan fingerprint density at radius 1 is 1.15 bits per heavy atom. The zero-order valence-electron chi connectivity index (χ0n) is 15.2. The number of hydrogen-bond donors (Lipinski definition) is 1. The van der Waals surface area contributed by atoms with Crippen molar-refractivity contribution in [2.45, 2.75) is 49.5 Å². The number of aliphatic hydroxyl groups excluding tert-OH is 1. The Labute approximate surface area is 159 Å². The van der Waals surface area contributed by atoms with Gasteiger partial charge in [-0.25, -0.2) is 0 Å². The highest BCUT2D eigenvalue weighted by Crippen LogP contribution is 2.24. The SMILES string of the molecule is O=C1CCCN1CC[C@H]1CCCCN1C(=O)c1ccc(SCCO)cc1. The van der Waals surface area contributed by atoms with Crippen LogP contribution in [0, 0.1) is 0 Å². The molecule has 1 N–H and O–H groups in total. The Hall–Kier alpha value is -1.53. The van der Waals surface area contributed by atoms with Crippen LogP contribution in [0.15, 0.2) is 29.2 Å². The van der Waals surface area contributed by atoms with Gasteiger partial charge < -0.3 is 14.9 Å². The number of likely N-dealkylation sites (tertiary alicyclic amines) is 2. The van der Waals surface area contributed by atoms with E-state index in [1.807, 2.05) is 34.1 Å². The van der Waals surface area contributed by atoms with Crippen molar-refractivity contribution in [3.05, 3.63) is 29.8 Å². The summed E-state index contributed by atoms with van der Waals surface area (Å²) in [6.07, 6.45) is 5.75. The van der Waals surface area contributed by atoms with Gasteiger partial charge in [-0.15, -0.1) is 11.8 Å². The molecule has 26 heavy (non-hydrogen) atoms.